The Morgan fingerprint density at radius 3 is 2.55 bits per heavy atom. The van der Waals surface area contributed by atoms with Gasteiger partial charge in [0, 0.05) is 24.8 Å². The predicted molar refractivity (Wildman–Crippen MR) is 125 cm³/mol. The molecule has 2 aromatic rings. The molecule has 2 fully saturated rings. The van der Waals surface area contributed by atoms with Crippen molar-refractivity contribution in [2.75, 3.05) is 0 Å². The number of Topliss-reactive ketones (excluding diaryl/α,β-unsaturated/α-hetero) is 1. The van der Waals surface area contributed by atoms with E-state index in [0.29, 0.717) is 28.9 Å². The average Bonchev–Trinajstić information content (AvgIpc) is 3.37. The van der Waals surface area contributed by atoms with Crippen LogP contribution in [0.5, 0.6) is 0 Å². The summed E-state index contributed by atoms with van der Waals surface area (Å²) in [6.45, 7) is 9.47. The first-order valence-electron chi connectivity index (χ1n) is 11.6. The van der Waals surface area contributed by atoms with E-state index in [0.717, 1.165) is 31.0 Å². The standard InChI is InChI=1S/C24H32BN3O5/c1-15(30)22-19-13-17(25-32-23(2,3)24(4,5)33-25)7-9-20(19)28(27-22)14-21(31)26-18-8-6-16(12-18)10-11-29/h7,9,11,13,16,18H,6,8,10,12,14H2,1-5H3,(H,26,31). The molecule has 0 bridgehead atoms. The van der Waals surface area contributed by atoms with Gasteiger partial charge < -0.3 is 19.4 Å². The molecule has 1 aromatic heterocycles. The fraction of sp³-hybridized carbons (Fsp3) is 0.583. The first-order valence-corrected chi connectivity index (χ1v) is 11.6. The number of carbonyl (C=O) groups excluding carboxylic acids is 3. The summed E-state index contributed by atoms with van der Waals surface area (Å²) in [6.07, 6.45) is 4.14. The maximum atomic E-state index is 12.7. The summed E-state index contributed by atoms with van der Waals surface area (Å²) in [7, 11) is -0.549. The van der Waals surface area contributed by atoms with Gasteiger partial charge in [0.1, 0.15) is 18.5 Å². The molecule has 33 heavy (non-hydrogen) atoms. The Morgan fingerprint density at radius 2 is 1.91 bits per heavy atom. The Labute approximate surface area is 194 Å². The summed E-state index contributed by atoms with van der Waals surface area (Å²) in [6, 6.07) is 5.70. The van der Waals surface area contributed by atoms with Crippen molar-refractivity contribution in [1.29, 1.82) is 0 Å². The number of aldehydes is 1. The lowest BCUT2D eigenvalue weighted by atomic mass is 9.78. The molecule has 1 N–H and O–H groups in total. The monoisotopic (exact) mass is 453 g/mol. The Kier molecular flexibility index (Phi) is 6.22. The normalized spacial score (nSPS) is 23.7. The maximum absolute atomic E-state index is 12.7. The molecule has 2 heterocycles. The summed E-state index contributed by atoms with van der Waals surface area (Å²) in [5.74, 6) is 0.0232. The molecular formula is C24H32BN3O5. The first kappa shape index (κ1) is 23.6. The number of ketones is 1. The Balaban J connectivity index is 1.55. The number of nitrogens with zero attached hydrogens (tertiary/aromatic N) is 2. The molecular weight excluding hydrogens is 421 g/mol. The highest BCUT2D eigenvalue weighted by Crippen LogP contribution is 2.36. The number of benzene rings is 1. The molecule has 0 radical (unpaired) electrons. The van der Waals surface area contributed by atoms with Crippen molar-refractivity contribution in [3.05, 3.63) is 23.9 Å². The van der Waals surface area contributed by atoms with Crippen LogP contribution in [-0.2, 0) is 25.4 Å². The number of aromatic nitrogens is 2. The molecule has 8 nitrogen and oxygen atoms in total. The highest BCUT2D eigenvalue weighted by atomic mass is 16.7. The lowest BCUT2D eigenvalue weighted by molar-refractivity contribution is -0.122. The number of carbonyl (C=O) groups is 3. The quantitative estimate of drug-likeness (QED) is 0.393. The van der Waals surface area contributed by atoms with Crippen LogP contribution in [0.15, 0.2) is 18.2 Å². The molecule has 2 unspecified atom stereocenters. The first-order chi connectivity index (χ1) is 15.5. The van der Waals surface area contributed by atoms with Crippen LogP contribution in [0, 0.1) is 5.92 Å². The lowest BCUT2D eigenvalue weighted by Gasteiger charge is -2.32. The third-order valence-corrected chi connectivity index (χ3v) is 7.26. The molecule has 9 heteroatoms. The van der Waals surface area contributed by atoms with Gasteiger partial charge in [0.25, 0.3) is 0 Å². The topological polar surface area (TPSA) is 99.5 Å². The number of rotatable bonds is 7. The van der Waals surface area contributed by atoms with Gasteiger partial charge in [-0.2, -0.15) is 5.10 Å². The van der Waals surface area contributed by atoms with E-state index in [9.17, 15) is 14.4 Å². The van der Waals surface area contributed by atoms with E-state index in [1.54, 1.807) is 4.68 Å². The van der Waals surface area contributed by atoms with Gasteiger partial charge in [0.05, 0.1) is 16.7 Å². The molecule has 2 aliphatic rings. The minimum atomic E-state index is -0.549. The fourth-order valence-electron chi connectivity index (χ4n) is 4.67. The molecule has 1 saturated carbocycles. The average molecular weight is 453 g/mol. The minimum Gasteiger partial charge on any atom is -0.399 e. The van der Waals surface area contributed by atoms with E-state index in [1.807, 2.05) is 45.9 Å². The minimum absolute atomic E-state index is 0.0223. The van der Waals surface area contributed by atoms with E-state index < -0.39 is 18.3 Å². The van der Waals surface area contributed by atoms with Crippen LogP contribution in [-0.4, -0.2) is 52.1 Å². The largest absolute Gasteiger partial charge is 0.494 e. The second-order valence-corrected chi connectivity index (χ2v) is 10.3. The molecule has 1 amide bonds. The molecule has 176 valence electrons. The molecule has 2 atom stereocenters. The van der Waals surface area contributed by atoms with Crippen LogP contribution in [0.1, 0.15) is 70.8 Å². The zero-order chi connectivity index (χ0) is 24.0. The summed E-state index contributed by atoms with van der Waals surface area (Å²) in [5.41, 5.74) is 0.899. The molecule has 1 saturated heterocycles. The highest BCUT2D eigenvalue weighted by Gasteiger charge is 2.51. The van der Waals surface area contributed by atoms with Gasteiger partial charge in [-0.05, 0) is 64.4 Å². The number of nitrogens with one attached hydrogen (secondary N) is 1. The second-order valence-electron chi connectivity index (χ2n) is 10.3. The van der Waals surface area contributed by atoms with E-state index in [-0.39, 0.29) is 24.3 Å². The number of fused-ring (bicyclic) bond motifs is 1. The van der Waals surface area contributed by atoms with Crippen LogP contribution >= 0.6 is 0 Å². The lowest BCUT2D eigenvalue weighted by Crippen LogP contribution is -2.41. The zero-order valence-electron chi connectivity index (χ0n) is 20.0. The Morgan fingerprint density at radius 1 is 1.21 bits per heavy atom. The molecule has 0 spiro atoms. The van der Waals surface area contributed by atoms with Gasteiger partial charge >= 0.3 is 7.12 Å². The Bertz CT molecular complexity index is 1080. The van der Waals surface area contributed by atoms with Crippen molar-refractivity contribution in [1.82, 2.24) is 15.1 Å². The van der Waals surface area contributed by atoms with Crippen LogP contribution in [0.4, 0.5) is 0 Å². The van der Waals surface area contributed by atoms with Crippen molar-refractivity contribution < 1.29 is 23.7 Å². The number of hydrogen-bond donors (Lipinski definition) is 1. The molecule has 4 rings (SSSR count). The van der Waals surface area contributed by atoms with Crippen molar-refractivity contribution >= 4 is 41.5 Å². The third kappa shape index (κ3) is 4.61. The van der Waals surface area contributed by atoms with Gasteiger partial charge in [-0.3, -0.25) is 14.3 Å². The van der Waals surface area contributed by atoms with Crippen molar-refractivity contribution in [3.63, 3.8) is 0 Å². The van der Waals surface area contributed by atoms with Crippen LogP contribution in [0.3, 0.4) is 0 Å². The Hall–Kier alpha value is -2.52. The summed E-state index contributed by atoms with van der Waals surface area (Å²) >= 11 is 0. The van der Waals surface area contributed by atoms with Crippen LogP contribution in [0.2, 0.25) is 0 Å². The van der Waals surface area contributed by atoms with Gasteiger partial charge in [-0.1, -0.05) is 12.1 Å². The van der Waals surface area contributed by atoms with Gasteiger partial charge in [-0.25, -0.2) is 0 Å². The third-order valence-electron chi connectivity index (χ3n) is 7.26. The molecule has 1 aromatic carbocycles. The fourth-order valence-corrected chi connectivity index (χ4v) is 4.67. The zero-order valence-corrected chi connectivity index (χ0v) is 20.0. The van der Waals surface area contributed by atoms with Crippen molar-refractivity contribution in [3.8, 4) is 0 Å². The second kappa shape index (κ2) is 8.68. The van der Waals surface area contributed by atoms with E-state index >= 15 is 0 Å². The van der Waals surface area contributed by atoms with E-state index in [4.69, 9.17) is 9.31 Å². The maximum Gasteiger partial charge on any atom is 0.494 e. The summed E-state index contributed by atoms with van der Waals surface area (Å²) < 4.78 is 13.9. The van der Waals surface area contributed by atoms with Gasteiger partial charge in [0.15, 0.2) is 5.78 Å². The summed E-state index contributed by atoms with van der Waals surface area (Å²) in [5, 5.41) is 8.18. The molecule has 1 aliphatic carbocycles. The van der Waals surface area contributed by atoms with Gasteiger partial charge in [-0.15, -0.1) is 0 Å². The SMILES string of the molecule is CC(=O)c1nn(CC(=O)NC2CCC(CC=O)C2)c2ccc(B3OC(C)(C)C(C)(C)O3)cc12. The van der Waals surface area contributed by atoms with E-state index in [2.05, 4.69) is 10.4 Å². The smallest absolute Gasteiger partial charge is 0.399 e. The summed E-state index contributed by atoms with van der Waals surface area (Å²) in [4.78, 5) is 35.8. The van der Waals surface area contributed by atoms with Crippen LogP contribution in [0.25, 0.3) is 10.9 Å². The number of amides is 1. The van der Waals surface area contributed by atoms with Crippen LogP contribution < -0.4 is 10.8 Å². The predicted octanol–water partition coefficient (Wildman–Crippen LogP) is 2.41. The van der Waals surface area contributed by atoms with E-state index in [1.165, 1.54) is 6.92 Å². The van der Waals surface area contributed by atoms with Gasteiger partial charge in [0.2, 0.25) is 5.91 Å². The van der Waals surface area contributed by atoms with Crippen molar-refractivity contribution in [2.24, 2.45) is 5.92 Å². The van der Waals surface area contributed by atoms with Crippen molar-refractivity contribution in [2.45, 2.75) is 84.1 Å². The number of hydrogen-bond acceptors (Lipinski definition) is 6. The highest BCUT2D eigenvalue weighted by molar-refractivity contribution is 6.62. The molecule has 1 aliphatic heterocycles.